The van der Waals surface area contributed by atoms with Crippen molar-refractivity contribution in [1.82, 2.24) is 0 Å². The molecule has 0 fully saturated rings. The fourth-order valence-electron chi connectivity index (χ4n) is 13.5. The van der Waals surface area contributed by atoms with E-state index >= 15 is 0 Å². The zero-order chi connectivity index (χ0) is 48.9. The first-order chi connectivity index (χ1) is 37.2. The van der Waals surface area contributed by atoms with Crippen LogP contribution in [0, 0.1) is 0 Å². The van der Waals surface area contributed by atoms with Crippen LogP contribution in [0.1, 0.15) is 0 Å². The summed E-state index contributed by atoms with van der Waals surface area (Å²) in [6, 6.07) is 95.1. The van der Waals surface area contributed by atoms with Crippen LogP contribution < -0.4 is 0 Å². The van der Waals surface area contributed by atoms with Crippen LogP contribution in [0.2, 0.25) is 0 Å². The zero-order valence-electron chi connectivity index (χ0n) is 40.7. The fourth-order valence-corrected chi connectivity index (χ4v) is 13.5. The molecule has 0 aliphatic heterocycles. The summed E-state index contributed by atoms with van der Waals surface area (Å²) in [4.78, 5) is 0. The van der Waals surface area contributed by atoms with Crippen molar-refractivity contribution in [2.75, 3.05) is 0 Å². The number of fused-ring (bicyclic) bond motifs is 20. The summed E-state index contributed by atoms with van der Waals surface area (Å²) < 4.78 is 6.81. The number of furan rings is 1. The third-order valence-corrected chi connectivity index (χ3v) is 16.7. The molecule has 0 unspecified atom stereocenters. The van der Waals surface area contributed by atoms with E-state index in [-0.39, 0.29) is 0 Å². The van der Waals surface area contributed by atoms with Gasteiger partial charge in [-0.2, -0.15) is 0 Å². The maximum Gasteiger partial charge on any atom is 0.136 e. The second-order valence-electron chi connectivity index (χ2n) is 20.5. The van der Waals surface area contributed by atoms with E-state index in [1.54, 1.807) is 0 Å². The average molecular weight is 947 g/mol. The Morgan fingerprint density at radius 1 is 0.160 bits per heavy atom. The Kier molecular flexibility index (Phi) is 8.34. The molecule has 0 saturated carbocycles. The third kappa shape index (κ3) is 5.73. The van der Waals surface area contributed by atoms with E-state index in [0.29, 0.717) is 0 Å². The molecule has 1 nitrogen and oxygen atoms in total. The summed E-state index contributed by atoms with van der Waals surface area (Å²) in [6.07, 6.45) is 0. The molecule has 0 spiro atoms. The highest BCUT2D eigenvalue weighted by atomic mass is 16.3. The molecule has 0 aliphatic carbocycles. The van der Waals surface area contributed by atoms with E-state index in [9.17, 15) is 0 Å². The maximum atomic E-state index is 6.81. The molecular formula is C74H42O. The molecule has 1 heteroatoms. The van der Waals surface area contributed by atoms with Gasteiger partial charge in [0.2, 0.25) is 0 Å². The van der Waals surface area contributed by atoms with Crippen molar-refractivity contribution in [3.05, 3.63) is 255 Å². The summed E-state index contributed by atoms with van der Waals surface area (Å²) in [5.74, 6) is 0. The highest BCUT2D eigenvalue weighted by molar-refractivity contribution is 6.33. The lowest BCUT2D eigenvalue weighted by molar-refractivity contribution is 0.669. The Morgan fingerprint density at radius 2 is 0.440 bits per heavy atom. The van der Waals surface area contributed by atoms with E-state index in [2.05, 4.69) is 255 Å². The second-order valence-corrected chi connectivity index (χ2v) is 20.5. The Balaban J connectivity index is 0.914. The lowest BCUT2D eigenvalue weighted by Crippen LogP contribution is -1.94. The summed E-state index contributed by atoms with van der Waals surface area (Å²) in [6.45, 7) is 0. The van der Waals surface area contributed by atoms with Gasteiger partial charge in [0, 0.05) is 10.8 Å². The quantitative estimate of drug-likeness (QED) is 0.127. The molecule has 0 radical (unpaired) electrons. The largest absolute Gasteiger partial charge is 0.456 e. The molecule has 0 bridgehead atoms. The maximum absolute atomic E-state index is 6.81. The van der Waals surface area contributed by atoms with Gasteiger partial charge in [-0.1, -0.05) is 212 Å². The highest BCUT2D eigenvalue weighted by Crippen LogP contribution is 2.51. The first-order valence-corrected chi connectivity index (χ1v) is 26.1. The van der Waals surface area contributed by atoms with Crippen molar-refractivity contribution in [3.63, 3.8) is 0 Å². The van der Waals surface area contributed by atoms with Crippen LogP contribution in [0.15, 0.2) is 259 Å². The Labute approximate surface area is 430 Å². The molecule has 17 rings (SSSR count). The SMILES string of the molecule is c1ccc2cc3c(cc2c1)c1ccccc1c1cc2oc4ccc(-c5c6ccccc6c(-c6c7ccccc7c(-c7ccc8c9ccccc9c9ccccc9c8c7)c7ccccc67)c6ccccc56)cc4c2cc31. The van der Waals surface area contributed by atoms with Crippen LogP contribution in [0.25, 0.3) is 174 Å². The number of rotatable bonds is 3. The Bertz CT molecular complexity index is 5210. The topological polar surface area (TPSA) is 13.1 Å². The van der Waals surface area contributed by atoms with Gasteiger partial charge in [0.15, 0.2) is 0 Å². The van der Waals surface area contributed by atoms with Gasteiger partial charge in [-0.05, 0) is 194 Å². The van der Waals surface area contributed by atoms with E-state index in [1.165, 1.54) is 152 Å². The molecule has 1 aromatic heterocycles. The Hall–Kier alpha value is -9.82. The smallest absolute Gasteiger partial charge is 0.136 e. The third-order valence-electron chi connectivity index (χ3n) is 16.7. The van der Waals surface area contributed by atoms with E-state index < -0.39 is 0 Å². The van der Waals surface area contributed by atoms with E-state index in [0.717, 1.165) is 21.9 Å². The van der Waals surface area contributed by atoms with Crippen molar-refractivity contribution in [1.29, 1.82) is 0 Å². The van der Waals surface area contributed by atoms with Gasteiger partial charge in [-0.3, -0.25) is 0 Å². The van der Waals surface area contributed by atoms with Crippen LogP contribution in [0.3, 0.4) is 0 Å². The normalized spacial score (nSPS) is 12.3. The molecule has 0 N–H and O–H groups in total. The second kappa shape index (κ2) is 15.4. The van der Waals surface area contributed by atoms with E-state index in [1.807, 2.05) is 0 Å². The summed E-state index contributed by atoms with van der Waals surface area (Å²) >= 11 is 0. The summed E-state index contributed by atoms with van der Waals surface area (Å²) in [7, 11) is 0. The van der Waals surface area contributed by atoms with Crippen LogP contribution >= 0.6 is 0 Å². The van der Waals surface area contributed by atoms with Gasteiger partial charge in [0.25, 0.3) is 0 Å². The number of hydrogen-bond acceptors (Lipinski definition) is 1. The number of hydrogen-bond donors (Lipinski definition) is 0. The monoisotopic (exact) mass is 946 g/mol. The molecule has 344 valence electrons. The minimum Gasteiger partial charge on any atom is -0.456 e. The minimum absolute atomic E-state index is 0.888. The predicted octanol–water partition coefficient (Wildman–Crippen LogP) is 21.3. The van der Waals surface area contributed by atoms with Crippen molar-refractivity contribution in [3.8, 4) is 33.4 Å². The fraction of sp³-hybridized carbons (Fsp3) is 0. The summed E-state index contributed by atoms with van der Waals surface area (Å²) in [5, 5.41) is 29.8. The van der Waals surface area contributed by atoms with Gasteiger partial charge < -0.3 is 4.42 Å². The molecule has 16 aromatic carbocycles. The van der Waals surface area contributed by atoms with Crippen molar-refractivity contribution < 1.29 is 4.42 Å². The lowest BCUT2D eigenvalue weighted by Gasteiger charge is -2.22. The van der Waals surface area contributed by atoms with Crippen molar-refractivity contribution in [2.45, 2.75) is 0 Å². The molecule has 0 atom stereocenters. The van der Waals surface area contributed by atoms with E-state index in [4.69, 9.17) is 4.42 Å². The van der Waals surface area contributed by atoms with Gasteiger partial charge in [-0.15, -0.1) is 0 Å². The predicted molar refractivity (Wildman–Crippen MR) is 323 cm³/mol. The van der Waals surface area contributed by atoms with Crippen LogP contribution in [0.4, 0.5) is 0 Å². The summed E-state index contributed by atoms with van der Waals surface area (Å²) in [5.41, 5.74) is 9.18. The molecule has 1 heterocycles. The minimum atomic E-state index is 0.888. The van der Waals surface area contributed by atoms with Crippen molar-refractivity contribution in [2.24, 2.45) is 0 Å². The lowest BCUT2D eigenvalue weighted by atomic mass is 9.80. The molecule has 17 aromatic rings. The molecule has 0 aliphatic rings. The van der Waals surface area contributed by atoms with Gasteiger partial charge in [-0.25, -0.2) is 0 Å². The first-order valence-electron chi connectivity index (χ1n) is 26.1. The Morgan fingerprint density at radius 3 is 0.880 bits per heavy atom. The van der Waals surface area contributed by atoms with Gasteiger partial charge in [0.05, 0.1) is 0 Å². The molecule has 0 saturated heterocycles. The molecular weight excluding hydrogens is 905 g/mol. The number of benzene rings is 16. The van der Waals surface area contributed by atoms with Crippen LogP contribution in [-0.2, 0) is 0 Å². The zero-order valence-corrected chi connectivity index (χ0v) is 40.7. The molecule has 75 heavy (non-hydrogen) atoms. The van der Waals surface area contributed by atoms with Gasteiger partial charge in [0.1, 0.15) is 11.2 Å². The first kappa shape index (κ1) is 40.7. The average Bonchev–Trinajstić information content (AvgIpc) is 3.86. The van der Waals surface area contributed by atoms with Crippen molar-refractivity contribution >= 4 is 140 Å². The molecule has 0 amide bonds. The highest BCUT2D eigenvalue weighted by Gasteiger charge is 2.24. The van der Waals surface area contributed by atoms with Crippen LogP contribution in [-0.4, -0.2) is 0 Å². The van der Waals surface area contributed by atoms with Crippen LogP contribution in [0.5, 0.6) is 0 Å². The van der Waals surface area contributed by atoms with Gasteiger partial charge >= 0.3 is 0 Å². The standard InChI is InChI=1S/C74H42O/c1-2-18-44-38-64-63(37-43(44)17-1)51-23-7-8-24-52(51)66-42-70-68(41-65(64)66)67-40-46(34-36-69(67)75-70)72-56-27-11-15-31-60(56)74(61-32-16-12-28-57(61)72)73-58-29-13-9-25-54(58)71(55-26-10-14-30-59(55)73)45-33-35-53-49-21-4-3-19-47(49)48-20-5-6-22-50(48)62(53)39-45/h1-42H.